The van der Waals surface area contributed by atoms with Gasteiger partial charge >= 0.3 is 5.97 Å². The standard InChI is InChI=1S/C16H17N3O2/c20-16(21)14-9-17-11-18-15(14)19-7-6-13(10-19)8-12-4-2-1-3-5-12/h1-5,9,11,13H,6-8,10H2,(H,20,21). The zero-order valence-corrected chi connectivity index (χ0v) is 11.6. The van der Waals surface area contributed by atoms with Gasteiger partial charge in [0.05, 0.1) is 0 Å². The van der Waals surface area contributed by atoms with Crippen molar-refractivity contribution in [1.29, 1.82) is 0 Å². The predicted octanol–water partition coefficient (Wildman–Crippen LogP) is 2.24. The number of anilines is 1. The molecule has 0 amide bonds. The Kier molecular flexibility index (Phi) is 3.81. The third-order valence-corrected chi connectivity index (χ3v) is 3.87. The highest BCUT2D eigenvalue weighted by molar-refractivity contribution is 5.92. The molecule has 0 radical (unpaired) electrons. The molecule has 1 fully saturated rings. The molecule has 1 atom stereocenters. The monoisotopic (exact) mass is 283 g/mol. The molecule has 1 aliphatic heterocycles. The fraction of sp³-hybridized carbons (Fsp3) is 0.312. The third kappa shape index (κ3) is 3.02. The average Bonchev–Trinajstić information content (AvgIpc) is 2.96. The molecule has 1 N–H and O–H groups in total. The maximum atomic E-state index is 11.2. The van der Waals surface area contributed by atoms with E-state index in [9.17, 15) is 9.90 Å². The highest BCUT2D eigenvalue weighted by Gasteiger charge is 2.26. The minimum atomic E-state index is -0.975. The van der Waals surface area contributed by atoms with E-state index in [1.807, 2.05) is 6.07 Å². The summed E-state index contributed by atoms with van der Waals surface area (Å²) in [7, 11) is 0. The molecule has 0 aliphatic carbocycles. The van der Waals surface area contributed by atoms with Crippen LogP contribution < -0.4 is 4.90 Å². The van der Waals surface area contributed by atoms with E-state index in [4.69, 9.17) is 0 Å². The zero-order valence-electron chi connectivity index (χ0n) is 11.6. The molecule has 0 saturated carbocycles. The van der Waals surface area contributed by atoms with Gasteiger partial charge in [-0.15, -0.1) is 0 Å². The van der Waals surface area contributed by atoms with Gasteiger partial charge in [-0.2, -0.15) is 0 Å². The van der Waals surface area contributed by atoms with Gasteiger partial charge in [-0.05, 0) is 24.3 Å². The smallest absolute Gasteiger partial charge is 0.341 e. The lowest BCUT2D eigenvalue weighted by Gasteiger charge is -2.19. The number of carboxylic acid groups (broad SMARTS) is 1. The minimum absolute atomic E-state index is 0.179. The molecule has 1 saturated heterocycles. The van der Waals surface area contributed by atoms with Crippen molar-refractivity contribution in [3.05, 3.63) is 54.0 Å². The Morgan fingerprint density at radius 1 is 1.33 bits per heavy atom. The summed E-state index contributed by atoms with van der Waals surface area (Å²) in [6.45, 7) is 1.68. The van der Waals surface area contributed by atoms with E-state index in [-0.39, 0.29) is 5.56 Å². The lowest BCUT2D eigenvalue weighted by atomic mass is 9.99. The van der Waals surface area contributed by atoms with E-state index in [1.165, 1.54) is 18.1 Å². The maximum Gasteiger partial charge on any atom is 0.341 e. The Balaban J connectivity index is 1.71. The number of benzene rings is 1. The first-order chi connectivity index (χ1) is 10.2. The van der Waals surface area contributed by atoms with Gasteiger partial charge in [0, 0.05) is 19.3 Å². The Bertz CT molecular complexity index is 630. The van der Waals surface area contributed by atoms with Crippen LogP contribution in [0.3, 0.4) is 0 Å². The van der Waals surface area contributed by atoms with E-state index in [0.717, 1.165) is 25.9 Å². The average molecular weight is 283 g/mol. The van der Waals surface area contributed by atoms with Gasteiger partial charge in [0.25, 0.3) is 0 Å². The van der Waals surface area contributed by atoms with E-state index in [1.54, 1.807) is 0 Å². The minimum Gasteiger partial charge on any atom is -0.477 e. The van der Waals surface area contributed by atoms with Crippen molar-refractivity contribution in [3.63, 3.8) is 0 Å². The van der Waals surface area contributed by atoms with Gasteiger partial charge in [-0.1, -0.05) is 30.3 Å². The summed E-state index contributed by atoms with van der Waals surface area (Å²) in [6.07, 6.45) is 4.85. The molecule has 1 aromatic heterocycles. The normalized spacial score (nSPS) is 17.9. The molecule has 5 nitrogen and oxygen atoms in total. The molecule has 5 heteroatoms. The summed E-state index contributed by atoms with van der Waals surface area (Å²) in [6, 6.07) is 10.4. The molecular weight excluding hydrogens is 266 g/mol. The second kappa shape index (κ2) is 5.91. The van der Waals surface area contributed by atoms with Gasteiger partial charge in [0.15, 0.2) is 0 Å². The summed E-state index contributed by atoms with van der Waals surface area (Å²) in [4.78, 5) is 21.3. The molecule has 1 aliphatic rings. The van der Waals surface area contributed by atoms with Crippen LogP contribution in [-0.2, 0) is 6.42 Å². The predicted molar refractivity (Wildman–Crippen MR) is 79.5 cm³/mol. The lowest BCUT2D eigenvalue weighted by Crippen LogP contribution is -2.24. The van der Waals surface area contributed by atoms with E-state index >= 15 is 0 Å². The molecule has 1 aromatic carbocycles. The SMILES string of the molecule is O=C(O)c1cncnc1N1CCC(Cc2ccccc2)C1. The van der Waals surface area contributed by atoms with E-state index in [0.29, 0.717) is 11.7 Å². The molecule has 108 valence electrons. The largest absolute Gasteiger partial charge is 0.477 e. The van der Waals surface area contributed by atoms with Gasteiger partial charge in [-0.3, -0.25) is 0 Å². The molecule has 0 bridgehead atoms. The first kappa shape index (κ1) is 13.5. The second-order valence-electron chi connectivity index (χ2n) is 5.36. The maximum absolute atomic E-state index is 11.2. The van der Waals surface area contributed by atoms with Crippen molar-refractivity contribution in [3.8, 4) is 0 Å². The summed E-state index contributed by atoms with van der Waals surface area (Å²) < 4.78 is 0. The van der Waals surface area contributed by atoms with Crippen molar-refractivity contribution >= 4 is 11.8 Å². The number of nitrogens with zero attached hydrogens (tertiary/aromatic N) is 3. The van der Waals surface area contributed by atoms with Crippen molar-refractivity contribution < 1.29 is 9.90 Å². The van der Waals surface area contributed by atoms with Crippen LogP contribution in [0.5, 0.6) is 0 Å². The van der Waals surface area contributed by atoms with Gasteiger partial charge < -0.3 is 10.0 Å². The molecule has 1 unspecified atom stereocenters. The summed E-state index contributed by atoms with van der Waals surface area (Å²) in [5.74, 6) is 0.0918. The summed E-state index contributed by atoms with van der Waals surface area (Å²) >= 11 is 0. The van der Waals surface area contributed by atoms with Crippen LogP contribution in [0.2, 0.25) is 0 Å². The molecule has 3 rings (SSSR count). The summed E-state index contributed by atoms with van der Waals surface area (Å²) in [5, 5.41) is 9.22. The zero-order chi connectivity index (χ0) is 14.7. The van der Waals surface area contributed by atoms with Crippen molar-refractivity contribution in [2.75, 3.05) is 18.0 Å². The summed E-state index contributed by atoms with van der Waals surface area (Å²) in [5.41, 5.74) is 1.50. The number of hydrogen-bond donors (Lipinski definition) is 1. The van der Waals surface area contributed by atoms with Crippen LogP contribution in [0.4, 0.5) is 5.82 Å². The first-order valence-electron chi connectivity index (χ1n) is 7.06. The number of aromatic nitrogens is 2. The van der Waals surface area contributed by atoms with Crippen LogP contribution in [0, 0.1) is 5.92 Å². The fourth-order valence-electron chi connectivity index (χ4n) is 2.87. The molecular formula is C16H17N3O2. The quantitative estimate of drug-likeness (QED) is 0.932. The first-order valence-corrected chi connectivity index (χ1v) is 7.06. The topological polar surface area (TPSA) is 66.3 Å². The van der Waals surface area contributed by atoms with Crippen molar-refractivity contribution in [2.45, 2.75) is 12.8 Å². The third-order valence-electron chi connectivity index (χ3n) is 3.87. The molecule has 21 heavy (non-hydrogen) atoms. The number of aromatic carboxylic acids is 1. The van der Waals surface area contributed by atoms with Crippen LogP contribution in [0.25, 0.3) is 0 Å². The number of carboxylic acids is 1. The Labute approximate surface area is 123 Å². The molecule has 2 heterocycles. The molecule has 2 aromatic rings. The van der Waals surface area contributed by atoms with Gasteiger partial charge in [0.1, 0.15) is 17.7 Å². The van der Waals surface area contributed by atoms with E-state index < -0.39 is 5.97 Å². The molecule has 0 spiro atoms. The highest BCUT2D eigenvalue weighted by atomic mass is 16.4. The number of rotatable bonds is 4. The number of hydrogen-bond acceptors (Lipinski definition) is 4. The second-order valence-corrected chi connectivity index (χ2v) is 5.36. The van der Waals surface area contributed by atoms with Gasteiger partial charge in [0.2, 0.25) is 0 Å². The Morgan fingerprint density at radius 2 is 2.14 bits per heavy atom. The van der Waals surface area contributed by atoms with Crippen LogP contribution in [0.1, 0.15) is 22.3 Å². The van der Waals surface area contributed by atoms with Crippen molar-refractivity contribution in [1.82, 2.24) is 9.97 Å². The lowest BCUT2D eigenvalue weighted by molar-refractivity contribution is 0.0696. The van der Waals surface area contributed by atoms with E-state index in [2.05, 4.69) is 39.1 Å². The van der Waals surface area contributed by atoms with Crippen LogP contribution in [0.15, 0.2) is 42.9 Å². The number of carbonyl (C=O) groups is 1. The Morgan fingerprint density at radius 3 is 2.90 bits per heavy atom. The van der Waals surface area contributed by atoms with Crippen molar-refractivity contribution in [2.24, 2.45) is 5.92 Å². The Hall–Kier alpha value is -2.43. The highest BCUT2D eigenvalue weighted by Crippen LogP contribution is 2.26. The van der Waals surface area contributed by atoms with Crippen LogP contribution >= 0.6 is 0 Å². The van der Waals surface area contributed by atoms with Gasteiger partial charge in [-0.25, -0.2) is 14.8 Å². The van der Waals surface area contributed by atoms with Crippen LogP contribution in [-0.4, -0.2) is 34.1 Å². The fourth-order valence-corrected chi connectivity index (χ4v) is 2.87.